The first-order valence-corrected chi connectivity index (χ1v) is 5.70. The number of carboxylic acid groups (broad SMARTS) is 1. The SMILES string of the molecule is [N-]=[N+]=NCCCNC1(C(=O)O)CCCCC1. The molecular weight excluding hydrogens is 208 g/mol. The van der Waals surface area contributed by atoms with Crippen molar-refractivity contribution in [3.63, 3.8) is 0 Å². The van der Waals surface area contributed by atoms with E-state index in [1.165, 1.54) is 0 Å². The highest BCUT2D eigenvalue weighted by molar-refractivity contribution is 5.78. The Morgan fingerprint density at radius 1 is 1.44 bits per heavy atom. The maximum atomic E-state index is 11.3. The Hall–Kier alpha value is -1.26. The number of rotatable bonds is 6. The van der Waals surface area contributed by atoms with E-state index in [1.54, 1.807) is 0 Å². The molecule has 0 spiro atoms. The van der Waals surface area contributed by atoms with Gasteiger partial charge in [-0.15, -0.1) is 0 Å². The first-order chi connectivity index (χ1) is 7.71. The zero-order valence-electron chi connectivity index (χ0n) is 9.35. The second-order valence-corrected chi connectivity index (χ2v) is 4.18. The van der Waals surface area contributed by atoms with E-state index >= 15 is 0 Å². The van der Waals surface area contributed by atoms with Gasteiger partial charge in [-0.3, -0.25) is 4.79 Å². The lowest BCUT2D eigenvalue weighted by molar-refractivity contribution is -0.146. The zero-order valence-corrected chi connectivity index (χ0v) is 9.35. The van der Waals surface area contributed by atoms with Crippen LogP contribution in [0.25, 0.3) is 10.4 Å². The fourth-order valence-electron chi connectivity index (χ4n) is 2.14. The van der Waals surface area contributed by atoms with E-state index in [-0.39, 0.29) is 0 Å². The molecule has 0 bridgehead atoms. The van der Waals surface area contributed by atoms with Crippen LogP contribution in [0.3, 0.4) is 0 Å². The highest BCUT2D eigenvalue weighted by Crippen LogP contribution is 2.28. The van der Waals surface area contributed by atoms with Crippen LogP contribution in [0, 0.1) is 0 Å². The van der Waals surface area contributed by atoms with Crippen molar-refractivity contribution in [1.29, 1.82) is 0 Å². The van der Waals surface area contributed by atoms with E-state index in [9.17, 15) is 9.90 Å². The Labute approximate surface area is 94.7 Å². The first-order valence-electron chi connectivity index (χ1n) is 5.70. The minimum absolute atomic E-state index is 0.416. The molecule has 90 valence electrons. The lowest BCUT2D eigenvalue weighted by atomic mass is 9.81. The Kier molecular flexibility index (Phi) is 5.08. The number of nitrogens with one attached hydrogen (secondary N) is 1. The topological polar surface area (TPSA) is 98.1 Å². The number of carbonyl (C=O) groups is 1. The molecule has 1 fully saturated rings. The van der Waals surface area contributed by atoms with Crippen molar-refractivity contribution < 1.29 is 9.90 Å². The highest BCUT2D eigenvalue weighted by Gasteiger charge is 2.38. The third-order valence-electron chi connectivity index (χ3n) is 3.08. The number of nitrogens with zero attached hydrogens (tertiary/aromatic N) is 3. The number of hydrogen-bond donors (Lipinski definition) is 2. The molecular formula is C10H18N4O2. The fraction of sp³-hybridized carbons (Fsp3) is 0.900. The molecule has 0 radical (unpaired) electrons. The van der Waals surface area contributed by atoms with Gasteiger partial charge in [0.2, 0.25) is 0 Å². The molecule has 0 aromatic rings. The summed E-state index contributed by atoms with van der Waals surface area (Å²) in [5, 5.41) is 15.8. The van der Waals surface area contributed by atoms with Crippen LogP contribution in [-0.4, -0.2) is 29.7 Å². The Bertz CT molecular complexity index is 281. The molecule has 1 rings (SSSR count). The highest BCUT2D eigenvalue weighted by atomic mass is 16.4. The quantitative estimate of drug-likeness (QED) is 0.314. The van der Waals surface area contributed by atoms with Gasteiger partial charge in [0.25, 0.3) is 0 Å². The zero-order chi connectivity index (χ0) is 11.9. The van der Waals surface area contributed by atoms with Gasteiger partial charge < -0.3 is 10.4 Å². The molecule has 0 aromatic carbocycles. The molecule has 1 aliphatic carbocycles. The summed E-state index contributed by atoms with van der Waals surface area (Å²) in [7, 11) is 0. The van der Waals surface area contributed by atoms with Crippen molar-refractivity contribution in [2.75, 3.05) is 13.1 Å². The summed E-state index contributed by atoms with van der Waals surface area (Å²) in [5.74, 6) is -0.754. The number of hydrogen-bond acceptors (Lipinski definition) is 3. The molecule has 0 atom stereocenters. The van der Waals surface area contributed by atoms with Crippen molar-refractivity contribution in [1.82, 2.24) is 5.32 Å². The van der Waals surface area contributed by atoms with Crippen molar-refractivity contribution in [3.05, 3.63) is 10.4 Å². The van der Waals surface area contributed by atoms with Gasteiger partial charge in [0.05, 0.1) is 0 Å². The van der Waals surface area contributed by atoms with Crippen molar-refractivity contribution in [2.45, 2.75) is 44.1 Å². The van der Waals surface area contributed by atoms with E-state index in [0.717, 1.165) is 19.3 Å². The number of azide groups is 1. The summed E-state index contributed by atoms with van der Waals surface area (Å²) in [6.07, 6.45) is 5.13. The van der Waals surface area contributed by atoms with Crippen LogP contribution in [0.5, 0.6) is 0 Å². The van der Waals surface area contributed by atoms with E-state index in [1.807, 2.05) is 0 Å². The molecule has 1 aliphatic rings. The predicted octanol–water partition coefficient (Wildman–Crippen LogP) is 2.06. The Balaban J connectivity index is 2.38. The van der Waals surface area contributed by atoms with Crippen LogP contribution < -0.4 is 5.32 Å². The maximum absolute atomic E-state index is 11.3. The van der Waals surface area contributed by atoms with Gasteiger partial charge in [0, 0.05) is 11.5 Å². The predicted molar refractivity (Wildman–Crippen MR) is 60.1 cm³/mol. The van der Waals surface area contributed by atoms with Crippen LogP contribution in [0.2, 0.25) is 0 Å². The molecule has 0 unspecified atom stereocenters. The van der Waals surface area contributed by atoms with E-state index < -0.39 is 11.5 Å². The molecule has 0 amide bonds. The van der Waals surface area contributed by atoms with Crippen LogP contribution in [0.4, 0.5) is 0 Å². The van der Waals surface area contributed by atoms with Gasteiger partial charge in [-0.2, -0.15) is 0 Å². The Morgan fingerprint density at radius 3 is 2.69 bits per heavy atom. The van der Waals surface area contributed by atoms with Gasteiger partial charge in [-0.05, 0) is 31.3 Å². The summed E-state index contributed by atoms with van der Waals surface area (Å²) in [4.78, 5) is 13.9. The molecule has 6 nitrogen and oxygen atoms in total. The van der Waals surface area contributed by atoms with Crippen molar-refractivity contribution in [2.24, 2.45) is 5.11 Å². The molecule has 0 saturated heterocycles. The lowest BCUT2D eigenvalue weighted by Crippen LogP contribution is -2.53. The van der Waals surface area contributed by atoms with Crippen molar-refractivity contribution >= 4 is 5.97 Å². The van der Waals surface area contributed by atoms with Crippen LogP contribution in [-0.2, 0) is 4.79 Å². The summed E-state index contributed by atoms with van der Waals surface area (Å²) in [5.41, 5.74) is 7.36. The molecule has 0 aliphatic heterocycles. The summed E-state index contributed by atoms with van der Waals surface area (Å²) in [6.45, 7) is 1.00. The fourth-order valence-corrected chi connectivity index (χ4v) is 2.14. The van der Waals surface area contributed by atoms with Gasteiger partial charge >= 0.3 is 5.97 Å². The second-order valence-electron chi connectivity index (χ2n) is 4.18. The average Bonchev–Trinajstić information content (AvgIpc) is 2.30. The first kappa shape index (κ1) is 12.8. The van der Waals surface area contributed by atoms with Crippen LogP contribution >= 0.6 is 0 Å². The molecule has 1 saturated carbocycles. The second kappa shape index (κ2) is 6.35. The van der Waals surface area contributed by atoms with E-state index in [0.29, 0.717) is 32.4 Å². The maximum Gasteiger partial charge on any atom is 0.323 e. The summed E-state index contributed by atoms with van der Waals surface area (Å²) in [6, 6.07) is 0. The van der Waals surface area contributed by atoms with Gasteiger partial charge in [-0.25, -0.2) is 0 Å². The van der Waals surface area contributed by atoms with E-state index in [4.69, 9.17) is 5.53 Å². The summed E-state index contributed by atoms with van der Waals surface area (Å²) >= 11 is 0. The summed E-state index contributed by atoms with van der Waals surface area (Å²) < 4.78 is 0. The monoisotopic (exact) mass is 226 g/mol. The van der Waals surface area contributed by atoms with Gasteiger partial charge in [-0.1, -0.05) is 24.4 Å². The third-order valence-corrected chi connectivity index (χ3v) is 3.08. The Morgan fingerprint density at radius 2 is 2.12 bits per heavy atom. The molecule has 0 aromatic heterocycles. The van der Waals surface area contributed by atoms with Crippen LogP contribution in [0.1, 0.15) is 38.5 Å². The van der Waals surface area contributed by atoms with Crippen molar-refractivity contribution in [3.8, 4) is 0 Å². The normalized spacial score (nSPS) is 18.8. The molecule has 16 heavy (non-hydrogen) atoms. The minimum Gasteiger partial charge on any atom is -0.480 e. The molecule has 0 heterocycles. The standard InChI is InChI=1S/C10H18N4O2/c11-14-13-8-4-7-12-10(9(15)16)5-2-1-3-6-10/h12H,1-8H2,(H,15,16). The molecule has 2 N–H and O–H groups in total. The van der Waals surface area contributed by atoms with E-state index in [2.05, 4.69) is 15.3 Å². The number of aliphatic carboxylic acids is 1. The third kappa shape index (κ3) is 3.40. The number of carboxylic acids is 1. The minimum atomic E-state index is -0.754. The molecule has 6 heteroatoms. The lowest BCUT2D eigenvalue weighted by Gasteiger charge is -2.34. The van der Waals surface area contributed by atoms with Gasteiger partial charge in [0.15, 0.2) is 0 Å². The smallest absolute Gasteiger partial charge is 0.323 e. The average molecular weight is 226 g/mol. The van der Waals surface area contributed by atoms with Crippen LogP contribution in [0.15, 0.2) is 5.11 Å². The largest absolute Gasteiger partial charge is 0.480 e. The van der Waals surface area contributed by atoms with Gasteiger partial charge in [0.1, 0.15) is 5.54 Å².